The molecule has 9 heteroatoms. The Hall–Kier alpha value is -0.180. The van der Waals surface area contributed by atoms with E-state index in [2.05, 4.69) is 6.92 Å². The summed E-state index contributed by atoms with van der Waals surface area (Å²) in [6.07, 6.45) is 1.21. The van der Waals surface area contributed by atoms with Crippen LogP contribution in [0, 0.1) is 0 Å². The smallest absolute Gasteiger partial charge is 0.396 e. The predicted molar refractivity (Wildman–Crippen MR) is 79.0 cm³/mol. The van der Waals surface area contributed by atoms with Crippen LogP contribution < -0.4 is 0 Å². The van der Waals surface area contributed by atoms with Gasteiger partial charge in [-0.15, -0.1) is 9.79 Å². The molecule has 0 aliphatic rings. The van der Waals surface area contributed by atoms with Crippen LogP contribution in [0.2, 0.25) is 0 Å². The lowest BCUT2D eigenvalue weighted by atomic mass is 10.4. The minimum atomic E-state index is -2.87. The van der Waals surface area contributed by atoms with Crippen LogP contribution in [0.1, 0.15) is 33.6 Å². The van der Waals surface area contributed by atoms with E-state index in [1.165, 1.54) is 0 Å². The average Bonchev–Trinajstić information content (AvgIpc) is 2.41. The molecule has 0 aromatic carbocycles. The van der Waals surface area contributed by atoms with Crippen molar-refractivity contribution in [3.63, 3.8) is 0 Å². The van der Waals surface area contributed by atoms with Gasteiger partial charge >= 0.3 is 8.25 Å². The molecule has 0 aromatic heterocycles. The maximum absolute atomic E-state index is 8.70. The molecule has 0 bridgehead atoms. The number of hydrogen-bond donors (Lipinski definition) is 5. The van der Waals surface area contributed by atoms with Crippen molar-refractivity contribution in [3.8, 4) is 0 Å². The first-order chi connectivity index (χ1) is 9.81. The number of hydrogen-bond acceptors (Lipinski definition) is 6. The maximum Gasteiger partial charge on any atom is 0.692 e. The highest BCUT2D eigenvalue weighted by molar-refractivity contribution is 7.30. The Morgan fingerprint density at radius 3 is 2.00 bits per heavy atom. The molecule has 2 atom stereocenters. The molecular weight excluding hydrogens is 303 g/mol. The highest BCUT2D eigenvalue weighted by Crippen LogP contribution is 1.98. The third kappa shape index (κ3) is 45.0. The zero-order chi connectivity index (χ0) is 17.1. The summed E-state index contributed by atoms with van der Waals surface area (Å²) >= 11 is 0. The van der Waals surface area contributed by atoms with Crippen molar-refractivity contribution in [2.24, 2.45) is 0 Å². The van der Waals surface area contributed by atoms with Crippen molar-refractivity contribution < 1.29 is 39.1 Å². The Morgan fingerprint density at radius 2 is 1.67 bits per heavy atom. The van der Waals surface area contributed by atoms with E-state index in [1.54, 1.807) is 13.8 Å². The highest BCUT2D eigenvalue weighted by atomic mass is 31.1. The van der Waals surface area contributed by atoms with Crippen LogP contribution in [-0.2, 0) is 14.0 Å². The molecule has 0 aliphatic heterocycles. The van der Waals surface area contributed by atoms with Gasteiger partial charge in [0.2, 0.25) is 0 Å². The second-order valence-electron chi connectivity index (χ2n) is 4.12. The first-order valence-electron chi connectivity index (χ1n) is 6.75. The summed E-state index contributed by atoms with van der Waals surface area (Å²) < 4.78 is 18.7. The third-order valence-electron chi connectivity index (χ3n) is 1.67. The van der Waals surface area contributed by atoms with Gasteiger partial charge in [0, 0.05) is 24.4 Å². The molecule has 2 unspecified atom stereocenters. The van der Waals surface area contributed by atoms with Crippen LogP contribution in [-0.4, -0.2) is 70.3 Å². The van der Waals surface area contributed by atoms with Gasteiger partial charge in [-0.1, -0.05) is 6.92 Å². The first-order valence-corrected chi connectivity index (χ1v) is 7.92. The molecule has 0 heterocycles. The summed E-state index contributed by atoms with van der Waals surface area (Å²) in [5.41, 5.74) is 0. The van der Waals surface area contributed by atoms with Crippen molar-refractivity contribution in [2.75, 3.05) is 33.0 Å². The predicted octanol–water partition coefficient (Wildman–Crippen LogP) is 0.188. The molecule has 0 saturated carbocycles. The van der Waals surface area contributed by atoms with Crippen LogP contribution in [0.3, 0.4) is 0 Å². The normalized spacial score (nSPS) is 12.4. The molecule has 0 spiro atoms. The number of ether oxygens (including phenoxy) is 2. The maximum atomic E-state index is 8.70. The van der Waals surface area contributed by atoms with E-state index in [1.807, 2.05) is 0 Å². The molecule has 0 radical (unpaired) electrons. The monoisotopic (exact) mass is 333 g/mol. The minimum absolute atomic E-state index is 0.00667. The second kappa shape index (κ2) is 22.1. The van der Waals surface area contributed by atoms with Crippen LogP contribution in [0.4, 0.5) is 0 Å². The quantitative estimate of drug-likeness (QED) is 0.298. The van der Waals surface area contributed by atoms with Gasteiger partial charge in [-0.05, 0) is 26.7 Å². The van der Waals surface area contributed by atoms with E-state index < -0.39 is 14.4 Å². The van der Waals surface area contributed by atoms with Gasteiger partial charge in [0.25, 0.3) is 0 Å². The largest absolute Gasteiger partial charge is 0.692 e. The molecule has 0 saturated heterocycles. The highest BCUT2D eigenvalue weighted by Gasteiger charge is 2.00. The molecule has 0 amide bonds. The molecule has 8 nitrogen and oxygen atoms in total. The number of aliphatic hydroxyl groups excluding tert-OH is 3. The van der Waals surface area contributed by atoms with Gasteiger partial charge in [0.05, 0.1) is 25.4 Å². The van der Waals surface area contributed by atoms with Crippen molar-refractivity contribution in [1.29, 1.82) is 0 Å². The lowest BCUT2D eigenvalue weighted by Gasteiger charge is -2.10. The van der Waals surface area contributed by atoms with Gasteiger partial charge in [0.15, 0.2) is 0 Å². The Bertz CT molecular complexity index is 194. The minimum Gasteiger partial charge on any atom is -0.396 e. The number of aliphatic hydroxyl groups is 3. The van der Waals surface area contributed by atoms with E-state index in [4.69, 9.17) is 39.1 Å². The van der Waals surface area contributed by atoms with E-state index in [0.29, 0.717) is 13.2 Å². The molecule has 0 rings (SSSR count). The topological polar surface area (TPSA) is 137 Å². The number of rotatable bonds is 9. The Morgan fingerprint density at radius 1 is 1.14 bits per heavy atom. The fourth-order valence-corrected chi connectivity index (χ4v) is 0.769. The Kier molecular flexibility index (Phi) is 27.1. The van der Waals surface area contributed by atoms with Crippen LogP contribution in [0.15, 0.2) is 0 Å². The third-order valence-corrected chi connectivity index (χ3v) is 1.67. The fraction of sp³-hybridized carbons (Fsp3) is 1.00. The van der Waals surface area contributed by atoms with E-state index in [0.717, 1.165) is 19.4 Å². The van der Waals surface area contributed by atoms with Crippen molar-refractivity contribution in [2.45, 2.75) is 45.8 Å². The van der Waals surface area contributed by atoms with Crippen molar-refractivity contribution >= 4 is 8.25 Å². The first kappa shape index (κ1) is 25.8. The van der Waals surface area contributed by atoms with Crippen LogP contribution in [0.5, 0.6) is 0 Å². The van der Waals surface area contributed by atoms with Crippen LogP contribution >= 0.6 is 8.25 Å². The molecule has 0 aromatic rings. The standard InChI is InChI=1S/C6H14O3.C6H14O2.HO3P/c1-5(8)4-9-6(2)3-7;1-2-5-8-6-3-4-7;1-4(2)3/h5-8H,3-4H2,1-2H3;7H,2-6H2,1H3;(H-,1,2,3)/p+1. The molecule has 0 aliphatic carbocycles. The zero-order valence-corrected chi connectivity index (χ0v) is 13.9. The van der Waals surface area contributed by atoms with E-state index in [9.17, 15) is 0 Å². The van der Waals surface area contributed by atoms with Crippen LogP contribution in [0.25, 0.3) is 0 Å². The van der Waals surface area contributed by atoms with Gasteiger partial charge in [-0.25, -0.2) is 0 Å². The van der Waals surface area contributed by atoms with Gasteiger partial charge < -0.3 is 24.8 Å². The zero-order valence-electron chi connectivity index (χ0n) is 13.0. The van der Waals surface area contributed by atoms with Gasteiger partial charge in [-0.2, -0.15) is 0 Å². The molecule has 21 heavy (non-hydrogen) atoms. The summed E-state index contributed by atoms with van der Waals surface area (Å²) in [6.45, 7) is 7.52. The van der Waals surface area contributed by atoms with Crippen molar-refractivity contribution in [3.05, 3.63) is 0 Å². The Labute approximate surface area is 127 Å². The summed E-state index contributed by atoms with van der Waals surface area (Å²) in [4.78, 5) is 14.2. The molecule has 5 N–H and O–H groups in total. The summed E-state index contributed by atoms with van der Waals surface area (Å²) in [5, 5.41) is 25.4. The van der Waals surface area contributed by atoms with Gasteiger partial charge in [0.1, 0.15) is 0 Å². The summed E-state index contributed by atoms with van der Waals surface area (Å²) in [6, 6.07) is 0. The van der Waals surface area contributed by atoms with Gasteiger partial charge in [-0.3, -0.25) is 0 Å². The fourth-order valence-electron chi connectivity index (χ4n) is 0.769. The SMILES string of the molecule is CC(O)COC(C)CO.CCCOCCCO.O=[P+](O)O. The summed E-state index contributed by atoms with van der Waals surface area (Å²) in [7, 11) is -2.87. The lowest BCUT2D eigenvalue weighted by molar-refractivity contribution is -0.0177. The molecule has 0 fully saturated rings. The summed E-state index contributed by atoms with van der Waals surface area (Å²) in [5.74, 6) is 0. The molecule has 130 valence electrons. The van der Waals surface area contributed by atoms with E-state index in [-0.39, 0.29) is 19.3 Å². The lowest BCUT2D eigenvalue weighted by Crippen LogP contribution is -2.19. The average molecular weight is 333 g/mol. The second-order valence-corrected chi connectivity index (χ2v) is 4.62. The molecular formula is C12H30O8P+. The Balaban J connectivity index is -0.000000249. The van der Waals surface area contributed by atoms with E-state index >= 15 is 0 Å². The van der Waals surface area contributed by atoms with Crippen molar-refractivity contribution in [1.82, 2.24) is 0 Å².